The van der Waals surface area contributed by atoms with Crippen molar-refractivity contribution in [1.29, 1.82) is 0 Å². The van der Waals surface area contributed by atoms with Gasteiger partial charge in [-0.05, 0) is 102 Å². The molecule has 4 atom stereocenters. The summed E-state index contributed by atoms with van der Waals surface area (Å²) in [5.74, 6) is 0. The molecule has 1 saturated carbocycles. The lowest BCUT2D eigenvalue weighted by Crippen LogP contribution is -2.64. The molecule has 4 aliphatic heterocycles. The van der Waals surface area contributed by atoms with Crippen LogP contribution in [0.5, 0.6) is 0 Å². The normalized spacial score (nSPS) is 27.0. The number of rotatable bonds is 2. The first-order chi connectivity index (χ1) is 27.9. The summed E-state index contributed by atoms with van der Waals surface area (Å²) in [7, 11) is -1.68. The van der Waals surface area contributed by atoms with E-state index >= 15 is 0 Å². The van der Waals surface area contributed by atoms with Gasteiger partial charge in [0.15, 0.2) is 0 Å². The molecule has 0 N–H and O–H groups in total. The van der Waals surface area contributed by atoms with E-state index in [9.17, 15) is 0 Å². The molecule has 6 aliphatic rings. The first kappa shape index (κ1) is 33.9. The molecule has 3 nitrogen and oxygen atoms in total. The Balaban J connectivity index is 1.21. The van der Waals surface area contributed by atoms with E-state index in [0.717, 1.165) is 12.8 Å². The summed E-state index contributed by atoms with van der Waals surface area (Å²) in [6.45, 7) is 18.2. The molecular formula is C53H52BN3Si. The zero-order valence-electron chi connectivity index (χ0n) is 35.1. The minimum absolute atomic E-state index is 0.0401. The fourth-order valence-electron chi connectivity index (χ4n) is 14.0. The van der Waals surface area contributed by atoms with E-state index in [4.69, 9.17) is 0 Å². The molecule has 0 saturated heterocycles. The van der Waals surface area contributed by atoms with Gasteiger partial charge in [-0.25, -0.2) is 0 Å². The van der Waals surface area contributed by atoms with Crippen LogP contribution < -0.4 is 31.4 Å². The van der Waals surface area contributed by atoms with Gasteiger partial charge in [0.05, 0.1) is 24.7 Å². The number of benzene rings is 6. The van der Waals surface area contributed by atoms with Crippen molar-refractivity contribution in [2.45, 2.75) is 108 Å². The number of para-hydroxylation sites is 3. The Bertz CT molecular complexity index is 3010. The first-order valence-corrected chi connectivity index (χ1v) is 25.6. The molecule has 1 aromatic heterocycles. The zero-order valence-corrected chi connectivity index (χ0v) is 36.1. The Morgan fingerprint density at radius 3 is 2.16 bits per heavy atom. The fraction of sp³-hybridized carbons (Fsp3) is 0.321. The molecule has 0 radical (unpaired) electrons. The average molecular weight is 770 g/mol. The molecule has 0 bridgehead atoms. The molecule has 286 valence electrons. The van der Waals surface area contributed by atoms with E-state index in [1.54, 1.807) is 16.2 Å². The predicted molar refractivity (Wildman–Crippen MR) is 249 cm³/mol. The molecule has 0 spiro atoms. The maximum absolute atomic E-state index is 2.94. The number of aromatic nitrogens is 1. The van der Waals surface area contributed by atoms with Gasteiger partial charge in [0.25, 0.3) is 6.71 Å². The van der Waals surface area contributed by atoms with Crippen LogP contribution in [0.25, 0.3) is 27.5 Å². The number of hydrogen-bond donors (Lipinski definition) is 0. The number of hydrogen-bond acceptors (Lipinski definition) is 2. The first-order valence-electron chi connectivity index (χ1n) is 22.1. The third-order valence-electron chi connectivity index (χ3n) is 17.3. The van der Waals surface area contributed by atoms with Crippen molar-refractivity contribution < 1.29 is 0 Å². The zero-order chi connectivity index (χ0) is 39.3. The number of nitrogens with zero attached hydrogens (tertiary/aromatic N) is 3. The van der Waals surface area contributed by atoms with Crippen LogP contribution >= 0.6 is 0 Å². The van der Waals surface area contributed by atoms with Crippen molar-refractivity contribution in [2.24, 2.45) is 0 Å². The maximum Gasteiger partial charge on any atom is 0.252 e. The van der Waals surface area contributed by atoms with Crippen molar-refractivity contribution in [1.82, 2.24) is 4.57 Å². The van der Waals surface area contributed by atoms with E-state index in [0.29, 0.717) is 0 Å². The Morgan fingerprint density at radius 1 is 0.586 bits per heavy atom. The van der Waals surface area contributed by atoms with Gasteiger partial charge in [-0.15, -0.1) is 0 Å². The van der Waals surface area contributed by atoms with Crippen molar-refractivity contribution in [3.8, 4) is 5.69 Å². The van der Waals surface area contributed by atoms with Gasteiger partial charge in [0.2, 0.25) is 0 Å². The van der Waals surface area contributed by atoms with Crippen molar-refractivity contribution >= 4 is 80.9 Å². The van der Waals surface area contributed by atoms with Gasteiger partial charge in [-0.1, -0.05) is 143 Å². The van der Waals surface area contributed by atoms with Crippen LogP contribution in [-0.2, 0) is 22.8 Å². The molecule has 2 aliphatic carbocycles. The second kappa shape index (κ2) is 10.6. The lowest BCUT2D eigenvalue weighted by atomic mass is 9.33. The summed E-state index contributed by atoms with van der Waals surface area (Å²) in [6.07, 6.45) is 7.24. The predicted octanol–water partition coefficient (Wildman–Crippen LogP) is 10.5. The van der Waals surface area contributed by atoms with Crippen molar-refractivity contribution in [3.63, 3.8) is 0 Å². The summed E-state index contributed by atoms with van der Waals surface area (Å²) in [5, 5.41) is 4.32. The van der Waals surface area contributed by atoms with E-state index in [-0.39, 0.29) is 28.6 Å². The SMILES string of the molecule is CC12CCCCC1(C)N1c3cc(N4c5ccccc5C5(C)CCc6ccccc6C45C)cc4c3B(c3cc([Si](C)(C)C)cc2c31)c1cccc2c3ccccc3n-4c12. The summed E-state index contributed by atoms with van der Waals surface area (Å²) >= 11 is 0. The number of fused-ring (bicyclic) bond motifs is 15. The molecule has 58 heavy (non-hydrogen) atoms. The number of aryl methyl sites for hydroxylation is 1. The van der Waals surface area contributed by atoms with Gasteiger partial charge < -0.3 is 14.4 Å². The van der Waals surface area contributed by atoms with E-state index in [1.165, 1.54) is 104 Å². The van der Waals surface area contributed by atoms with Gasteiger partial charge in [0, 0.05) is 55.6 Å². The second-order valence-electron chi connectivity index (χ2n) is 20.7. The summed E-state index contributed by atoms with van der Waals surface area (Å²) in [5.41, 5.74) is 19.9. The Morgan fingerprint density at radius 2 is 1.31 bits per heavy atom. The monoisotopic (exact) mass is 769 g/mol. The maximum atomic E-state index is 2.94. The third-order valence-corrected chi connectivity index (χ3v) is 19.3. The Hall–Kier alpha value is -5.00. The summed E-state index contributed by atoms with van der Waals surface area (Å²) < 4.78 is 2.68. The summed E-state index contributed by atoms with van der Waals surface area (Å²) in [4.78, 5) is 5.75. The largest absolute Gasteiger partial charge is 0.335 e. The quantitative estimate of drug-likeness (QED) is 0.162. The highest BCUT2D eigenvalue weighted by Gasteiger charge is 2.63. The highest BCUT2D eigenvalue weighted by molar-refractivity contribution is 7.01. The van der Waals surface area contributed by atoms with Crippen molar-refractivity contribution in [3.05, 3.63) is 138 Å². The van der Waals surface area contributed by atoms with Gasteiger partial charge in [0.1, 0.15) is 0 Å². The lowest BCUT2D eigenvalue weighted by molar-refractivity contribution is 0.195. The van der Waals surface area contributed by atoms with E-state index in [1.807, 2.05) is 0 Å². The van der Waals surface area contributed by atoms with E-state index < -0.39 is 8.07 Å². The van der Waals surface area contributed by atoms with Gasteiger partial charge in [-0.2, -0.15) is 0 Å². The molecule has 5 heteroatoms. The number of anilines is 4. The van der Waals surface area contributed by atoms with Crippen LogP contribution in [0.4, 0.5) is 22.7 Å². The molecule has 1 fully saturated rings. The molecule has 7 aromatic rings. The fourth-order valence-corrected chi connectivity index (χ4v) is 15.1. The molecule has 0 amide bonds. The van der Waals surface area contributed by atoms with Crippen LogP contribution in [0.3, 0.4) is 0 Å². The smallest absolute Gasteiger partial charge is 0.252 e. The second-order valence-corrected chi connectivity index (χ2v) is 25.8. The van der Waals surface area contributed by atoms with Crippen LogP contribution in [-0.4, -0.2) is 24.9 Å². The van der Waals surface area contributed by atoms with Crippen LogP contribution in [0, 0.1) is 0 Å². The van der Waals surface area contributed by atoms with Crippen LogP contribution in [0.2, 0.25) is 19.6 Å². The third kappa shape index (κ3) is 3.65. The molecule has 4 unspecified atom stereocenters. The van der Waals surface area contributed by atoms with E-state index in [2.05, 4.69) is 177 Å². The minimum atomic E-state index is -1.68. The molecule has 13 rings (SSSR count). The summed E-state index contributed by atoms with van der Waals surface area (Å²) in [6, 6.07) is 45.9. The average Bonchev–Trinajstić information content (AvgIpc) is 3.75. The lowest BCUT2D eigenvalue weighted by Gasteiger charge is -2.53. The van der Waals surface area contributed by atoms with Crippen LogP contribution in [0.1, 0.15) is 82.1 Å². The highest BCUT2D eigenvalue weighted by Crippen LogP contribution is 2.65. The standard InChI is InChI=1S/C53H52BN3Si/c1-50-26-14-15-27-52(50,3)57-46-30-34(56-44-24-13-11-21-39(44)51(2)28-25-33-17-8-10-20-38(33)53(51,56)4)29-45-47(46)54(42-32-35(58(5,6)7)31-40(50)49(42)57)41-22-16-19-37-36-18-9-12-23-43(36)55(45)48(37)41/h8-13,16-24,29-32H,14-15,25-28H2,1-7H3. The molecule has 6 aromatic carbocycles. The Labute approximate surface area is 344 Å². The highest BCUT2D eigenvalue weighted by atomic mass is 28.3. The van der Waals surface area contributed by atoms with Gasteiger partial charge >= 0.3 is 0 Å². The van der Waals surface area contributed by atoms with Crippen LogP contribution in [0.15, 0.2) is 115 Å². The minimum Gasteiger partial charge on any atom is -0.335 e. The van der Waals surface area contributed by atoms with Gasteiger partial charge in [-0.3, -0.25) is 0 Å². The van der Waals surface area contributed by atoms with Crippen molar-refractivity contribution in [2.75, 3.05) is 9.80 Å². The topological polar surface area (TPSA) is 11.4 Å². The molecule has 5 heterocycles. The Kier molecular flexibility index (Phi) is 6.20. The molecular weight excluding hydrogens is 718 g/mol.